The maximum atomic E-state index is 10.1. The van der Waals surface area contributed by atoms with Crippen LogP contribution in [0.3, 0.4) is 0 Å². The van der Waals surface area contributed by atoms with E-state index in [4.69, 9.17) is 9.57 Å². The first-order valence-corrected chi connectivity index (χ1v) is 9.82. The van der Waals surface area contributed by atoms with Crippen molar-refractivity contribution < 1.29 is 14.7 Å². The van der Waals surface area contributed by atoms with Gasteiger partial charge in [-0.25, -0.2) is 0 Å². The molecule has 1 aromatic heterocycles. The zero-order valence-electron chi connectivity index (χ0n) is 16.5. The van der Waals surface area contributed by atoms with E-state index in [9.17, 15) is 5.11 Å². The number of ether oxygens (including phenoxy) is 1. The van der Waals surface area contributed by atoms with Gasteiger partial charge in [0.05, 0.1) is 18.5 Å². The van der Waals surface area contributed by atoms with E-state index in [0.717, 1.165) is 49.4 Å². The lowest BCUT2D eigenvalue weighted by molar-refractivity contribution is 0.160. The summed E-state index contributed by atoms with van der Waals surface area (Å²) in [6, 6.07) is 9.28. The molecule has 0 spiro atoms. The van der Waals surface area contributed by atoms with Crippen molar-refractivity contribution in [2.75, 3.05) is 31.2 Å². The SMILES string of the molecule is CCON=Cc1ccc(OCCC2CCN(c3ccc(C)nn3)CC2)c(O)c1. The van der Waals surface area contributed by atoms with Crippen LogP contribution < -0.4 is 9.64 Å². The fraction of sp³-hybridized carbons (Fsp3) is 0.476. The summed E-state index contributed by atoms with van der Waals surface area (Å²) < 4.78 is 5.78. The lowest BCUT2D eigenvalue weighted by Gasteiger charge is -2.32. The molecule has 1 aliphatic heterocycles. The summed E-state index contributed by atoms with van der Waals surface area (Å²) >= 11 is 0. The monoisotopic (exact) mass is 384 g/mol. The second kappa shape index (κ2) is 9.92. The molecule has 28 heavy (non-hydrogen) atoms. The maximum Gasteiger partial charge on any atom is 0.160 e. The number of nitrogens with zero attached hydrogens (tertiary/aromatic N) is 4. The lowest BCUT2D eigenvalue weighted by Crippen LogP contribution is -2.34. The Balaban J connectivity index is 1.41. The number of piperidine rings is 1. The highest BCUT2D eigenvalue weighted by molar-refractivity contribution is 5.80. The number of hydrogen-bond acceptors (Lipinski definition) is 7. The van der Waals surface area contributed by atoms with E-state index >= 15 is 0 Å². The van der Waals surface area contributed by atoms with Gasteiger partial charge in [0.25, 0.3) is 0 Å². The summed E-state index contributed by atoms with van der Waals surface area (Å²) in [5, 5.41) is 22.3. The van der Waals surface area contributed by atoms with Crippen LogP contribution in [0, 0.1) is 12.8 Å². The van der Waals surface area contributed by atoms with E-state index in [-0.39, 0.29) is 5.75 Å². The molecule has 3 rings (SSSR count). The van der Waals surface area contributed by atoms with Crippen molar-refractivity contribution in [3.63, 3.8) is 0 Å². The predicted molar refractivity (Wildman–Crippen MR) is 109 cm³/mol. The molecule has 1 aromatic carbocycles. The number of anilines is 1. The molecule has 2 aromatic rings. The molecule has 7 nitrogen and oxygen atoms in total. The van der Waals surface area contributed by atoms with Crippen molar-refractivity contribution in [2.24, 2.45) is 11.1 Å². The molecule has 2 heterocycles. The van der Waals surface area contributed by atoms with E-state index in [1.165, 1.54) is 0 Å². The Morgan fingerprint density at radius 1 is 1.21 bits per heavy atom. The number of oxime groups is 1. The van der Waals surface area contributed by atoms with Crippen molar-refractivity contribution in [1.29, 1.82) is 0 Å². The Bertz CT molecular complexity index is 772. The molecule has 0 amide bonds. The number of rotatable bonds is 8. The van der Waals surface area contributed by atoms with E-state index in [0.29, 0.717) is 24.9 Å². The van der Waals surface area contributed by atoms with E-state index in [2.05, 4.69) is 20.3 Å². The van der Waals surface area contributed by atoms with Gasteiger partial charge in [-0.1, -0.05) is 5.16 Å². The minimum absolute atomic E-state index is 0.119. The first-order chi connectivity index (χ1) is 13.7. The fourth-order valence-corrected chi connectivity index (χ4v) is 3.26. The standard InChI is InChI=1S/C21H28N4O3/c1-3-28-22-15-18-5-6-20(19(26)14-18)27-13-10-17-8-11-25(12-9-17)21-7-4-16(2)23-24-21/h4-7,14-15,17,26H,3,8-13H2,1-2H3. The third-order valence-corrected chi connectivity index (χ3v) is 4.89. The van der Waals surface area contributed by atoms with Gasteiger partial charge in [0, 0.05) is 13.1 Å². The first-order valence-electron chi connectivity index (χ1n) is 9.82. The topological polar surface area (TPSA) is 80.1 Å². The third-order valence-electron chi connectivity index (χ3n) is 4.89. The molecule has 0 aliphatic carbocycles. The first kappa shape index (κ1) is 19.9. The number of aryl methyl sites for hydroxylation is 1. The number of aromatic hydroxyl groups is 1. The highest BCUT2D eigenvalue weighted by Crippen LogP contribution is 2.28. The zero-order valence-corrected chi connectivity index (χ0v) is 16.5. The van der Waals surface area contributed by atoms with E-state index in [1.54, 1.807) is 18.3 Å². The van der Waals surface area contributed by atoms with Crippen LogP contribution in [-0.4, -0.2) is 47.8 Å². The van der Waals surface area contributed by atoms with E-state index in [1.807, 2.05) is 32.0 Å². The van der Waals surface area contributed by atoms with Gasteiger partial charge in [0.2, 0.25) is 0 Å². The molecule has 0 radical (unpaired) electrons. The summed E-state index contributed by atoms with van der Waals surface area (Å²) in [4.78, 5) is 7.22. The number of benzene rings is 1. The number of hydrogen-bond donors (Lipinski definition) is 1. The average Bonchev–Trinajstić information content (AvgIpc) is 2.71. The molecule has 7 heteroatoms. The predicted octanol–water partition coefficient (Wildman–Crippen LogP) is 3.55. The van der Waals surface area contributed by atoms with Crippen LogP contribution in [0.4, 0.5) is 5.82 Å². The molecule has 0 saturated carbocycles. The molecular weight excluding hydrogens is 356 g/mol. The zero-order chi connectivity index (χ0) is 19.8. The molecule has 1 N–H and O–H groups in total. The summed E-state index contributed by atoms with van der Waals surface area (Å²) in [6.45, 7) is 6.90. The van der Waals surface area contributed by atoms with Crippen molar-refractivity contribution in [3.05, 3.63) is 41.6 Å². The number of phenolic OH excluding ortho intramolecular Hbond substituents is 1. The summed E-state index contributed by atoms with van der Waals surface area (Å²) in [5.41, 5.74) is 1.71. The van der Waals surface area contributed by atoms with Gasteiger partial charge in [0.15, 0.2) is 17.3 Å². The van der Waals surface area contributed by atoms with Crippen LogP contribution in [0.2, 0.25) is 0 Å². The lowest BCUT2D eigenvalue weighted by atomic mass is 9.94. The Morgan fingerprint density at radius 3 is 2.71 bits per heavy atom. The van der Waals surface area contributed by atoms with Gasteiger partial charge >= 0.3 is 0 Å². The van der Waals surface area contributed by atoms with Crippen LogP contribution in [0.5, 0.6) is 11.5 Å². The second-order valence-corrected chi connectivity index (χ2v) is 6.98. The molecular formula is C21H28N4O3. The van der Waals surface area contributed by atoms with Crippen molar-refractivity contribution >= 4 is 12.0 Å². The van der Waals surface area contributed by atoms with Gasteiger partial charge in [0.1, 0.15) is 6.61 Å². The Hall–Kier alpha value is -2.83. The van der Waals surface area contributed by atoms with Crippen molar-refractivity contribution in [3.8, 4) is 11.5 Å². The molecule has 1 fully saturated rings. The minimum atomic E-state index is 0.119. The van der Waals surface area contributed by atoms with Crippen LogP contribution in [0.25, 0.3) is 0 Å². The Kier molecular flexibility index (Phi) is 7.06. The second-order valence-electron chi connectivity index (χ2n) is 6.98. The third kappa shape index (κ3) is 5.58. The van der Waals surface area contributed by atoms with Gasteiger partial charge in [-0.05, 0) is 74.9 Å². The van der Waals surface area contributed by atoms with Crippen LogP contribution in [-0.2, 0) is 4.84 Å². The Morgan fingerprint density at radius 2 is 2.04 bits per heavy atom. The van der Waals surface area contributed by atoms with Gasteiger partial charge in [-0.15, -0.1) is 5.10 Å². The van der Waals surface area contributed by atoms with Crippen molar-refractivity contribution in [1.82, 2.24) is 10.2 Å². The number of aromatic nitrogens is 2. The maximum absolute atomic E-state index is 10.1. The highest BCUT2D eigenvalue weighted by Gasteiger charge is 2.20. The Labute approximate surface area is 166 Å². The molecule has 1 saturated heterocycles. The summed E-state index contributed by atoms with van der Waals surface area (Å²) in [5.74, 6) is 2.20. The quantitative estimate of drug-likeness (QED) is 0.554. The minimum Gasteiger partial charge on any atom is -0.504 e. The van der Waals surface area contributed by atoms with Crippen LogP contribution >= 0.6 is 0 Å². The number of phenols is 1. The van der Waals surface area contributed by atoms with E-state index < -0.39 is 0 Å². The fourth-order valence-electron chi connectivity index (χ4n) is 3.26. The van der Waals surface area contributed by atoms with Crippen LogP contribution in [0.15, 0.2) is 35.5 Å². The molecule has 150 valence electrons. The largest absolute Gasteiger partial charge is 0.504 e. The van der Waals surface area contributed by atoms with Gasteiger partial charge in [-0.2, -0.15) is 5.10 Å². The smallest absolute Gasteiger partial charge is 0.160 e. The molecule has 0 unspecified atom stereocenters. The average molecular weight is 384 g/mol. The molecule has 0 atom stereocenters. The van der Waals surface area contributed by atoms with Crippen LogP contribution in [0.1, 0.15) is 37.4 Å². The highest BCUT2D eigenvalue weighted by atomic mass is 16.6. The normalized spacial score (nSPS) is 15.1. The van der Waals surface area contributed by atoms with Gasteiger partial charge < -0.3 is 19.6 Å². The van der Waals surface area contributed by atoms with Gasteiger partial charge in [-0.3, -0.25) is 0 Å². The molecule has 1 aliphatic rings. The summed E-state index contributed by atoms with van der Waals surface area (Å²) in [7, 11) is 0. The summed E-state index contributed by atoms with van der Waals surface area (Å²) in [6.07, 6.45) is 4.76. The van der Waals surface area contributed by atoms with Crippen molar-refractivity contribution in [2.45, 2.75) is 33.1 Å². The molecule has 0 bridgehead atoms.